The molecule has 4 nitrogen and oxygen atoms in total. The van der Waals surface area contributed by atoms with Crippen molar-refractivity contribution >= 4 is 5.91 Å². The Morgan fingerprint density at radius 1 is 1.17 bits per heavy atom. The summed E-state index contributed by atoms with van der Waals surface area (Å²) in [4.78, 5) is 13.8. The second-order valence-corrected chi connectivity index (χ2v) is 6.58. The van der Waals surface area contributed by atoms with Crippen LogP contribution in [0.1, 0.15) is 22.3 Å². The first-order valence-electron chi connectivity index (χ1n) is 8.17. The molecule has 0 atom stereocenters. The van der Waals surface area contributed by atoms with E-state index in [0.717, 1.165) is 16.7 Å². The summed E-state index contributed by atoms with van der Waals surface area (Å²) in [6.45, 7) is 5.11. The number of hydrogen-bond donors (Lipinski definition) is 1. The van der Waals surface area contributed by atoms with Gasteiger partial charge in [-0.2, -0.15) is 0 Å². The van der Waals surface area contributed by atoms with Gasteiger partial charge < -0.3 is 14.7 Å². The van der Waals surface area contributed by atoms with E-state index in [0.29, 0.717) is 19.7 Å². The molecule has 24 heavy (non-hydrogen) atoms. The van der Waals surface area contributed by atoms with E-state index in [1.807, 2.05) is 62.4 Å². The van der Waals surface area contributed by atoms with Gasteiger partial charge in [0.1, 0.15) is 12.2 Å². The normalized spacial score (nSPS) is 15.9. The van der Waals surface area contributed by atoms with E-state index in [2.05, 4.69) is 0 Å². The SMILES string of the molecule is Cc1cccc(COCC(=O)N2CC(O)(c3ccccc3C)C2)c1. The Bertz CT molecular complexity index is 735. The molecule has 0 saturated carbocycles. The van der Waals surface area contributed by atoms with Crippen LogP contribution in [0.2, 0.25) is 0 Å². The number of carbonyl (C=O) groups excluding carboxylic acids is 1. The highest BCUT2D eigenvalue weighted by molar-refractivity contribution is 5.78. The monoisotopic (exact) mass is 325 g/mol. The first-order chi connectivity index (χ1) is 11.5. The number of nitrogens with zero attached hydrogens (tertiary/aromatic N) is 1. The molecule has 0 spiro atoms. The topological polar surface area (TPSA) is 49.8 Å². The summed E-state index contributed by atoms with van der Waals surface area (Å²) in [5, 5.41) is 10.7. The minimum atomic E-state index is -0.933. The fourth-order valence-electron chi connectivity index (χ4n) is 3.18. The maximum Gasteiger partial charge on any atom is 0.248 e. The van der Waals surface area contributed by atoms with Crippen molar-refractivity contribution in [3.05, 3.63) is 70.8 Å². The molecule has 1 aliphatic heterocycles. The van der Waals surface area contributed by atoms with E-state index in [4.69, 9.17) is 4.74 Å². The van der Waals surface area contributed by atoms with Gasteiger partial charge in [0.2, 0.25) is 5.91 Å². The minimum Gasteiger partial charge on any atom is -0.381 e. The summed E-state index contributed by atoms with van der Waals surface area (Å²) in [5.74, 6) is -0.0825. The van der Waals surface area contributed by atoms with Gasteiger partial charge in [-0.1, -0.05) is 54.1 Å². The second kappa shape index (κ2) is 6.75. The molecule has 4 heteroatoms. The van der Waals surface area contributed by atoms with Gasteiger partial charge in [0, 0.05) is 0 Å². The summed E-state index contributed by atoms with van der Waals surface area (Å²) >= 11 is 0. The molecule has 0 aromatic heterocycles. The van der Waals surface area contributed by atoms with E-state index < -0.39 is 5.60 Å². The van der Waals surface area contributed by atoms with Crippen LogP contribution in [0.3, 0.4) is 0 Å². The Labute approximate surface area is 142 Å². The fourth-order valence-corrected chi connectivity index (χ4v) is 3.18. The van der Waals surface area contributed by atoms with Crippen LogP contribution < -0.4 is 0 Å². The smallest absolute Gasteiger partial charge is 0.248 e. The molecule has 1 aliphatic rings. The molecule has 1 saturated heterocycles. The van der Waals surface area contributed by atoms with Crippen molar-refractivity contribution in [1.29, 1.82) is 0 Å². The molecule has 1 N–H and O–H groups in total. The van der Waals surface area contributed by atoms with Crippen molar-refractivity contribution < 1.29 is 14.6 Å². The van der Waals surface area contributed by atoms with E-state index in [1.54, 1.807) is 4.90 Å². The maximum atomic E-state index is 12.2. The van der Waals surface area contributed by atoms with Gasteiger partial charge in [-0.3, -0.25) is 4.79 Å². The Hall–Kier alpha value is -2.17. The average Bonchev–Trinajstić information content (AvgIpc) is 2.52. The van der Waals surface area contributed by atoms with Crippen LogP contribution in [-0.4, -0.2) is 35.6 Å². The lowest BCUT2D eigenvalue weighted by atomic mass is 9.83. The zero-order valence-corrected chi connectivity index (χ0v) is 14.2. The van der Waals surface area contributed by atoms with Crippen LogP contribution in [0, 0.1) is 13.8 Å². The van der Waals surface area contributed by atoms with E-state index >= 15 is 0 Å². The second-order valence-electron chi connectivity index (χ2n) is 6.58. The quantitative estimate of drug-likeness (QED) is 0.919. The number of rotatable bonds is 5. The molecule has 126 valence electrons. The van der Waals surface area contributed by atoms with Gasteiger partial charge in [0.25, 0.3) is 0 Å². The zero-order chi connectivity index (χ0) is 17.2. The molecule has 2 aromatic carbocycles. The first kappa shape index (κ1) is 16.7. The molecular formula is C20H23NO3. The molecule has 1 heterocycles. The molecular weight excluding hydrogens is 302 g/mol. The van der Waals surface area contributed by atoms with Gasteiger partial charge in [-0.05, 0) is 30.5 Å². The summed E-state index contributed by atoms with van der Waals surface area (Å²) in [6, 6.07) is 15.8. The average molecular weight is 325 g/mol. The Balaban J connectivity index is 1.49. The predicted molar refractivity (Wildman–Crippen MR) is 92.5 cm³/mol. The van der Waals surface area contributed by atoms with Crippen LogP contribution >= 0.6 is 0 Å². The highest BCUT2D eigenvalue weighted by atomic mass is 16.5. The number of ether oxygens (including phenoxy) is 1. The van der Waals surface area contributed by atoms with Crippen molar-refractivity contribution in [3.8, 4) is 0 Å². The Morgan fingerprint density at radius 3 is 2.62 bits per heavy atom. The highest BCUT2D eigenvalue weighted by Crippen LogP contribution is 2.33. The lowest BCUT2D eigenvalue weighted by Crippen LogP contribution is -2.62. The molecule has 0 bridgehead atoms. The summed E-state index contributed by atoms with van der Waals surface area (Å²) in [7, 11) is 0. The van der Waals surface area contributed by atoms with E-state index in [-0.39, 0.29) is 12.5 Å². The predicted octanol–water partition coefficient (Wildman–Crippen LogP) is 2.55. The van der Waals surface area contributed by atoms with Crippen molar-refractivity contribution in [3.63, 3.8) is 0 Å². The van der Waals surface area contributed by atoms with Crippen molar-refractivity contribution in [2.24, 2.45) is 0 Å². The van der Waals surface area contributed by atoms with Crippen molar-refractivity contribution in [2.45, 2.75) is 26.1 Å². The van der Waals surface area contributed by atoms with E-state index in [1.165, 1.54) is 5.56 Å². The highest BCUT2D eigenvalue weighted by Gasteiger charge is 2.45. The summed E-state index contributed by atoms with van der Waals surface area (Å²) < 4.78 is 5.52. The third-order valence-corrected chi connectivity index (χ3v) is 4.48. The molecule has 0 radical (unpaired) electrons. The Morgan fingerprint density at radius 2 is 1.92 bits per heavy atom. The number of hydrogen-bond acceptors (Lipinski definition) is 3. The molecule has 3 rings (SSSR count). The number of β-amino-alcohol motifs (C(OH)–C–C–N with tert-alkyl or cyclic N) is 1. The van der Waals surface area contributed by atoms with Gasteiger partial charge in [0.05, 0.1) is 19.7 Å². The number of aliphatic hydroxyl groups is 1. The first-order valence-corrected chi connectivity index (χ1v) is 8.17. The van der Waals surface area contributed by atoms with Crippen molar-refractivity contribution in [2.75, 3.05) is 19.7 Å². The number of likely N-dealkylation sites (tertiary alicyclic amines) is 1. The Kier molecular flexibility index (Phi) is 4.69. The van der Waals surface area contributed by atoms with Crippen molar-refractivity contribution in [1.82, 2.24) is 4.90 Å². The standard InChI is InChI=1S/C20H23NO3/c1-15-6-5-8-17(10-15)11-24-12-19(22)21-13-20(23,14-21)18-9-4-3-7-16(18)2/h3-10,23H,11-14H2,1-2H3. The molecule has 0 unspecified atom stereocenters. The number of aryl methyl sites for hydroxylation is 2. The van der Waals surface area contributed by atoms with Gasteiger partial charge in [0.15, 0.2) is 0 Å². The zero-order valence-electron chi connectivity index (χ0n) is 14.2. The number of carbonyl (C=O) groups is 1. The minimum absolute atomic E-state index is 0.0395. The lowest BCUT2D eigenvalue weighted by Gasteiger charge is -2.47. The largest absolute Gasteiger partial charge is 0.381 e. The van der Waals surface area contributed by atoms with Crippen LogP contribution in [-0.2, 0) is 21.7 Å². The maximum absolute atomic E-state index is 12.2. The van der Waals surface area contributed by atoms with Crippen LogP contribution in [0.5, 0.6) is 0 Å². The van der Waals surface area contributed by atoms with Crippen LogP contribution in [0.4, 0.5) is 0 Å². The molecule has 1 fully saturated rings. The summed E-state index contributed by atoms with van der Waals surface area (Å²) in [6.07, 6.45) is 0. The fraction of sp³-hybridized carbons (Fsp3) is 0.350. The lowest BCUT2D eigenvalue weighted by molar-refractivity contribution is -0.162. The van der Waals surface area contributed by atoms with Crippen LogP contribution in [0.15, 0.2) is 48.5 Å². The molecule has 0 aliphatic carbocycles. The van der Waals surface area contributed by atoms with Crippen LogP contribution in [0.25, 0.3) is 0 Å². The number of benzene rings is 2. The molecule has 2 aromatic rings. The van der Waals surface area contributed by atoms with Gasteiger partial charge in [-0.15, -0.1) is 0 Å². The number of amides is 1. The van der Waals surface area contributed by atoms with E-state index in [9.17, 15) is 9.90 Å². The third-order valence-electron chi connectivity index (χ3n) is 4.48. The van der Waals surface area contributed by atoms with Gasteiger partial charge in [-0.25, -0.2) is 0 Å². The van der Waals surface area contributed by atoms with Gasteiger partial charge >= 0.3 is 0 Å². The molecule has 1 amide bonds. The summed E-state index contributed by atoms with van der Waals surface area (Å²) in [5.41, 5.74) is 3.24. The third kappa shape index (κ3) is 3.50.